The Kier molecular flexibility index (Phi) is 3.72. The topological polar surface area (TPSA) is 55.6 Å². The fourth-order valence-electron chi connectivity index (χ4n) is 4.86. The lowest BCUT2D eigenvalue weighted by molar-refractivity contribution is 0.238. The second-order valence-electron chi connectivity index (χ2n) is 8.86. The monoisotopic (exact) mass is 339 g/mol. The molecule has 2 aromatic heterocycles. The van der Waals surface area contributed by atoms with Gasteiger partial charge in [0.05, 0.1) is 6.33 Å². The van der Waals surface area contributed by atoms with Crippen LogP contribution in [0.2, 0.25) is 0 Å². The molecular formula is C20H29N5. The van der Waals surface area contributed by atoms with Crippen LogP contribution in [0.5, 0.6) is 0 Å². The second kappa shape index (κ2) is 5.96. The summed E-state index contributed by atoms with van der Waals surface area (Å²) in [5.41, 5.74) is 2.69. The number of imidazole rings is 1. The van der Waals surface area contributed by atoms with Gasteiger partial charge in [-0.05, 0) is 75.5 Å². The van der Waals surface area contributed by atoms with Crippen LogP contribution >= 0.6 is 0 Å². The first kappa shape index (κ1) is 15.6. The third-order valence-corrected chi connectivity index (χ3v) is 7.21. The van der Waals surface area contributed by atoms with E-state index in [0.29, 0.717) is 6.04 Å². The first-order valence-electron chi connectivity index (χ1n) is 10.1. The quantitative estimate of drug-likeness (QED) is 0.877. The zero-order chi connectivity index (χ0) is 16.9. The van der Waals surface area contributed by atoms with Crippen LogP contribution in [0.15, 0.2) is 12.7 Å². The lowest BCUT2D eigenvalue weighted by atomic mass is 9.80. The number of hydrogen-bond acceptors (Lipinski definition) is 4. The van der Waals surface area contributed by atoms with E-state index in [9.17, 15) is 0 Å². The zero-order valence-corrected chi connectivity index (χ0v) is 15.2. The van der Waals surface area contributed by atoms with Gasteiger partial charge in [-0.1, -0.05) is 6.42 Å². The second-order valence-corrected chi connectivity index (χ2v) is 8.86. The maximum Gasteiger partial charge on any atom is 0.182 e. The Hall–Kier alpha value is -1.65. The molecule has 5 heteroatoms. The summed E-state index contributed by atoms with van der Waals surface area (Å²) >= 11 is 0. The summed E-state index contributed by atoms with van der Waals surface area (Å²) < 4.78 is 2.31. The van der Waals surface area contributed by atoms with Crippen molar-refractivity contribution >= 4 is 17.0 Å². The Morgan fingerprint density at radius 1 is 1.12 bits per heavy atom. The number of nitrogens with one attached hydrogen (secondary N) is 1. The Balaban J connectivity index is 1.35. The van der Waals surface area contributed by atoms with E-state index in [4.69, 9.17) is 0 Å². The fraction of sp³-hybridized carbons (Fsp3) is 0.750. The summed E-state index contributed by atoms with van der Waals surface area (Å²) in [5, 5.41) is 3.66. The van der Waals surface area contributed by atoms with Crippen LogP contribution in [0.1, 0.15) is 64.7 Å². The van der Waals surface area contributed by atoms with E-state index in [1.165, 1.54) is 57.8 Å². The lowest BCUT2D eigenvalue weighted by Crippen LogP contribution is -2.31. The van der Waals surface area contributed by atoms with Crippen molar-refractivity contribution in [3.8, 4) is 0 Å². The molecule has 5 nitrogen and oxygen atoms in total. The SMILES string of the molecule is C[C@@H](Nc1ncnc2ncn(CC3CCC4(CC3)CC4)c12)C1CCC1. The van der Waals surface area contributed by atoms with E-state index in [1.807, 2.05) is 6.33 Å². The van der Waals surface area contributed by atoms with Gasteiger partial charge < -0.3 is 9.88 Å². The molecule has 5 rings (SSSR count). The van der Waals surface area contributed by atoms with Crippen molar-refractivity contribution in [3.63, 3.8) is 0 Å². The Labute approximate surface area is 149 Å². The molecular weight excluding hydrogens is 310 g/mol. The number of anilines is 1. The molecule has 1 N–H and O–H groups in total. The Bertz CT molecular complexity index is 749. The minimum atomic E-state index is 0.472. The molecule has 0 saturated heterocycles. The lowest BCUT2D eigenvalue weighted by Gasteiger charge is -2.32. The molecule has 0 radical (unpaired) electrons. The van der Waals surface area contributed by atoms with Crippen LogP contribution < -0.4 is 5.32 Å². The van der Waals surface area contributed by atoms with Crippen LogP contribution in [0, 0.1) is 17.3 Å². The summed E-state index contributed by atoms with van der Waals surface area (Å²) in [5.74, 6) is 2.53. The van der Waals surface area contributed by atoms with E-state index in [2.05, 4.69) is 31.8 Å². The van der Waals surface area contributed by atoms with Gasteiger partial charge in [0, 0.05) is 12.6 Å². The van der Waals surface area contributed by atoms with Gasteiger partial charge in [-0.3, -0.25) is 0 Å². The third kappa shape index (κ3) is 2.91. The molecule has 3 aliphatic carbocycles. The highest BCUT2D eigenvalue weighted by Crippen LogP contribution is 2.57. The van der Waals surface area contributed by atoms with Gasteiger partial charge in [0.2, 0.25) is 0 Å². The molecule has 0 unspecified atom stereocenters. The molecule has 0 amide bonds. The molecule has 0 aromatic carbocycles. The summed E-state index contributed by atoms with van der Waals surface area (Å²) in [6.45, 7) is 3.35. The average Bonchev–Trinajstić information content (AvgIpc) is 3.19. The van der Waals surface area contributed by atoms with Crippen LogP contribution in [0.25, 0.3) is 11.2 Å². The van der Waals surface area contributed by atoms with Crippen molar-refractivity contribution in [2.24, 2.45) is 17.3 Å². The molecule has 0 aliphatic heterocycles. The number of fused-ring (bicyclic) bond motifs is 1. The van der Waals surface area contributed by atoms with Crippen molar-refractivity contribution in [2.75, 3.05) is 5.32 Å². The molecule has 0 bridgehead atoms. The van der Waals surface area contributed by atoms with E-state index < -0.39 is 0 Å². The van der Waals surface area contributed by atoms with Gasteiger partial charge in [0.25, 0.3) is 0 Å². The largest absolute Gasteiger partial charge is 0.365 e. The minimum Gasteiger partial charge on any atom is -0.365 e. The van der Waals surface area contributed by atoms with Crippen molar-refractivity contribution in [1.29, 1.82) is 0 Å². The first-order chi connectivity index (χ1) is 12.2. The van der Waals surface area contributed by atoms with Gasteiger partial charge >= 0.3 is 0 Å². The average molecular weight is 339 g/mol. The van der Waals surface area contributed by atoms with Crippen LogP contribution in [-0.4, -0.2) is 25.6 Å². The highest BCUT2D eigenvalue weighted by Gasteiger charge is 2.44. The highest BCUT2D eigenvalue weighted by molar-refractivity contribution is 5.83. The number of hydrogen-bond donors (Lipinski definition) is 1. The van der Waals surface area contributed by atoms with Crippen molar-refractivity contribution in [3.05, 3.63) is 12.7 Å². The van der Waals surface area contributed by atoms with Crippen molar-refractivity contribution < 1.29 is 0 Å². The Morgan fingerprint density at radius 2 is 1.92 bits per heavy atom. The molecule has 2 heterocycles. The number of nitrogens with zero attached hydrogens (tertiary/aromatic N) is 4. The minimum absolute atomic E-state index is 0.472. The van der Waals surface area contributed by atoms with Gasteiger partial charge in [-0.15, -0.1) is 0 Å². The van der Waals surface area contributed by atoms with Crippen molar-refractivity contribution in [2.45, 2.75) is 77.3 Å². The smallest absolute Gasteiger partial charge is 0.182 e. The molecule has 3 aliphatic rings. The van der Waals surface area contributed by atoms with E-state index in [0.717, 1.165) is 40.8 Å². The zero-order valence-electron chi connectivity index (χ0n) is 15.2. The maximum atomic E-state index is 4.56. The van der Waals surface area contributed by atoms with Gasteiger partial charge in [0.15, 0.2) is 11.5 Å². The summed E-state index contributed by atoms with van der Waals surface area (Å²) in [6, 6.07) is 0.472. The molecule has 3 fully saturated rings. The molecule has 25 heavy (non-hydrogen) atoms. The first-order valence-corrected chi connectivity index (χ1v) is 10.1. The van der Waals surface area contributed by atoms with Crippen molar-refractivity contribution in [1.82, 2.24) is 19.5 Å². The Morgan fingerprint density at radius 3 is 2.60 bits per heavy atom. The number of rotatable bonds is 5. The molecule has 1 spiro atoms. The van der Waals surface area contributed by atoms with Crippen LogP contribution in [0.3, 0.4) is 0 Å². The maximum absolute atomic E-state index is 4.56. The number of aromatic nitrogens is 4. The summed E-state index contributed by atoms with van der Waals surface area (Å²) in [6.07, 6.45) is 16.2. The summed E-state index contributed by atoms with van der Waals surface area (Å²) in [4.78, 5) is 13.5. The van der Waals surface area contributed by atoms with Gasteiger partial charge in [-0.2, -0.15) is 0 Å². The summed E-state index contributed by atoms with van der Waals surface area (Å²) in [7, 11) is 0. The highest BCUT2D eigenvalue weighted by atomic mass is 15.1. The van der Waals surface area contributed by atoms with Crippen LogP contribution in [0.4, 0.5) is 5.82 Å². The molecule has 2 aromatic rings. The predicted molar refractivity (Wildman–Crippen MR) is 99.4 cm³/mol. The van der Waals surface area contributed by atoms with E-state index >= 15 is 0 Å². The van der Waals surface area contributed by atoms with Gasteiger partial charge in [-0.25, -0.2) is 15.0 Å². The van der Waals surface area contributed by atoms with E-state index in [1.54, 1.807) is 6.33 Å². The van der Waals surface area contributed by atoms with Crippen LogP contribution in [-0.2, 0) is 6.54 Å². The van der Waals surface area contributed by atoms with E-state index in [-0.39, 0.29) is 0 Å². The predicted octanol–water partition coefficient (Wildman–Crippen LogP) is 4.40. The fourth-order valence-corrected chi connectivity index (χ4v) is 4.86. The molecule has 134 valence electrons. The molecule has 1 atom stereocenters. The van der Waals surface area contributed by atoms with Gasteiger partial charge in [0.1, 0.15) is 11.8 Å². The standard InChI is InChI=1S/C20H29N5/c1-14(16-3-2-4-16)24-19-17-18(21-12-22-19)23-13-25(17)11-15-5-7-20(8-6-15)9-10-20/h12-16H,2-11H2,1H3,(H,21,22,24)/t14-/m1/s1. The third-order valence-electron chi connectivity index (χ3n) is 7.21. The normalized spacial score (nSPS) is 24.4. The molecule has 3 saturated carbocycles.